The lowest BCUT2D eigenvalue weighted by molar-refractivity contribution is -0.394. The van der Waals surface area contributed by atoms with Crippen LogP contribution in [-0.2, 0) is 42.6 Å². The second-order valence-electron chi connectivity index (χ2n) is 26.6. The smallest absolute Gasteiger partial charge is 0.187 e. The summed E-state index contributed by atoms with van der Waals surface area (Å²) in [5.41, 5.74) is -1.31. The highest BCUT2D eigenvalue weighted by atomic mass is 16.8. The van der Waals surface area contributed by atoms with E-state index in [1.165, 1.54) is 6.92 Å². The van der Waals surface area contributed by atoms with Gasteiger partial charge in [-0.1, -0.05) is 48.5 Å². The molecule has 5 saturated heterocycles. The van der Waals surface area contributed by atoms with Gasteiger partial charge in [-0.25, -0.2) is 0 Å². The van der Waals surface area contributed by atoms with Crippen LogP contribution >= 0.6 is 0 Å². The molecule has 21 nitrogen and oxygen atoms in total. The van der Waals surface area contributed by atoms with Crippen molar-refractivity contribution in [2.45, 2.75) is 254 Å². The summed E-state index contributed by atoms with van der Waals surface area (Å²) >= 11 is 0. The van der Waals surface area contributed by atoms with E-state index < -0.39 is 154 Å². The summed E-state index contributed by atoms with van der Waals surface area (Å²) in [5.74, 6) is 0.795. The van der Waals surface area contributed by atoms with Gasteiger partial charge in [-0.2, -0.15) is 0 Å². The highest BCUT2D eigenvalue weighted by Crippen LogP contribution is 2.80. The van der Waals surface area contributed by atoms with E-state index in [1.54, 1.807) is 0 Å². The Bertz CT molecular complexity index is 2000. The van der Waals surface area contributed by atoms with E-state index in [0.717, 1.165) is 57.8 Å². The molecule has 426 valence electrons. The van der Waals surface area contributed by atoms with E-state index in [0.29, 0.717) is 24.9 Å². The van der Waals surface area contributed by atoms with Crippen molar-refractivity contribution in [2.75, 3.05) is 26.4 Å². The molecule has 21 heteroatoms. The van der Waals surface area contributed by atoms with E-state index in [1.807, 2.05) is 0 Å². The maximum atomic E-state index is 12.4. The van der Waals surface area contributed by atoms with Gasteiger partial charge in [-0.05, 0) is 111 Å². The van der Waals surface area contributed by atoms with Gasteiger partial charge in [0.05, 0.1) is 50.3 Å². The molecule has 74 heavy (non-hydrogen) atoms. The lowest BCUT2D eigenvalue weighted by atomic mass is 9.30. The normalized spacial score (nSPS) is 57.9. The van der Waals surface area contributed by atoms with Crippen LogP contribution in [0.2, 0.25) is 0 Å². The maximum Gasteiger partial charge on any atom is 0.187 e. The van der Waals surface area contributed by atoms with E-state index in [2.05, 4.69) is 48.5 Å². The Labute approximate surface area is 433 Å². The molecule has 0 radical (unpaired) electrons. The Morgan fingerprint density at radius 1 is 0.514 bits per heavy atom. The summed E-state index contributed by atoms with van der Waals surface area (Å²) in [7, 11) is 0. The quantitative estimate of drug-likeness (QED) is 0.121. The SMILES string of the molecule is C[C@H]1O[C@@H](O[C@H]2[C@H](O[C@H]3CO[C@@H](O[C@H]4CC[C@@]5(C)C(CC[C@]6(C)C5CC[C@]57OC[C@@]8(CCC(C)(C)CC85)[C@H](O)C[C@]76C)C4(C)C)[C@H](O[C@@H]4O[C@H](CO)[C@@H](O)[C@H](O)[C@H]4O)[C@H]3O)O[C@H](CO)[C@@H](O)[C@@H]2O)[C@@H](O)[C@@H](O)[C@@H]1O. The monoisotopic (exact) mass is 1060 g/mol. The lowest BCUT2D eigenvalue weighted by Gasteiger charge is -2.75. The number of hydrogen-bond donors (Lipinski definition) is 12. The molecule has 0 aromatic rings. The molecule has 5 aliphatic heterocycles. The molecule has 10 aliphatic rings. The molecule has 0 aromatic heterocycles. The maximum absolute atomic E-state index is 12.4. The third kappa shape index (κ3) is 8.40. The van der Waals surface area contributed by atoms with Crippen LogP contribution in [0.1, 0.15) is 120 Å². The van der Waals surface area contributed by atoms with Gasteiger partial charge >= 0.3 is 0 Å². The molecule has 10 fully saturated rings. The molecular weight excluding hydrogens is 973 g/mol. The first kappa shape index (κ1) is 56.4. The molecule has 12 N–H and O–H groups in total. The molecule has 1 spiro atoms. The Morgan fingerprint density at radius 3 is 1.77 bits per heavy atom. The van der Waals surface area contributed by atoms with E-state index in [-0.39, 0.29) is 38.6 Å². The minimum absolute atomic E-state index is 0.124. The van der Waals surface area contributed by atoms with Crippen molar-refractivity contribution in [1.82, 2.24) is 0 Å². The molecular formula is C53H88O21. The average Bonchev–Trinajstić information content (AvgIpc) is 3.63. The summed E-state index contributed by atoms with van der Waals surface area (Å²) in [6, 6.07) is 0. The Hall–Kier alpha value is -0.840. The Kier molecular flexibility index (Phi) is 15.0. The van der Waals surface area contributed by atoms with Gasteiger partial charge in [0.15, 0.2) is 25.2 Å². The summed E-state index contributed by atoms with van der Waals surface area (Å²) in [6.07, 6.45) is -22.7. The fourth-order valence-corrected chi connectivity index (χ4v) is 17.6. The van der Waals surface area contributed by atoms with Crippen LogP contribution in [0.5, 0.6) is 0 Å². The van der Waals surface area contributed by atoms with Crippen LogP contribution in [-0.4, -0.2) is 222 Å². The zero-order valence-corrected chi connectivity index (χ0v) is 44.3. The van der Waals surface area contributed by atoms with Crippen LogP contribution < -0.4 is 0 Å². The number of aliphatic hydroxyl groups excluding tert-OH is 12. The van der Waals surface area contributed by atoms with Crippen LogP contribution in [0.25, 0.3) is 0 Å². The summed E-state index contributed by atoms with van der Waals surface area (Å²) in [5, 5.41) is 131. The van der Waals surface area contributed by atoms with Gasteiger partial charge in [-0.3, -0.25) is 0 Å². The summed E-state index contributed by atoms with van der Waals surface area (Å²) < 4.78 is 56.4. The minimum Gasteiger partial charge on any atom is -0.394 e. The largest absolute Gasteiger partial charge is 0.394 e. The van der Waals surface area contributed by atoms with Crippen molar-refractivity contribution in [3.8, 4) is 0 Å². The molecule has 3 unspecified atom stereocenters. The van der Waals surface area contributed by atoms with Gasteiger partial charge in [0.25, 0.3) is 0 Å². The number of aliphatic hydroxyl groups is 12. The van der Waals surface area contributed by atoms with Gasteiger partial charge in [-0.15, -0.1) is 0 Å². The Morgan fingerprint density at radius 2 is 1.11 bits per heavy atom. The highest BCUT2D eigenvalue weighted by molar-refractivity contribution is 5.28. The van der Waals surface area contributed by atoms with E-state index in [4.69, 9.17) is 42.6 Å². The van der Waals surface area contributed by atoms with Gasteiger partial charge in [0.1, 0.15) is 85.5 Å². The fraction of sp³-hybridized carbons (Fsp3) is 1.00. The molecule has 2 bridgehead atoms. The van der Waals surface area contributed by atoms with Gasteiger partial charge in [0.2, 0.25) is 0 Å². The predicted octanol–water partition coefficient (Wildman–Crippen LogP) is -0.684. The topological polar surface area (TPSA) is 326 Å². The van der Waals surface area contributed by atoms with Gasteiger partial charge < -0.3 is 104 Å². The molecule has 0 amide bonds. The Balaban J connectivity index is 0.902. The second kappa shape index (κ2) is 19.7. The number of fused-ring (bicyclic) bond motifs is 4. The van der Waals surface area contributed by atoms with Crippen molar-refractivity contribution in [3.63, 3.8) is 0 Å². The molecule has 5 aliphatic carbocycles. The predicted molar refractivity (Wildman–Crippen MR) is 255 cm³/mol. The highest BCUT2D eigenvalue weighted by Gasteiger charge is 2.80. The first-order chi connectivity index (χ1) is 34.6. The van der Waals surface area contributed by atoms with Crippen LogP contribution in [0, 0.1) is 50.2 Å². The summed E-state index contributed by atoms with van der Waals surface area (Å²) in [4.78, 5) is 0. The van der Waals surface area contributed by atoms with Crippen molar-refractivity contribution in [1.29, 1.82) is 0 Å². The van der Waals surface area contributed by atoms with Crippen molar-refractivity contribution >= 4 is 0 Å². The number of ether oxygens (including phenoxy) is 9. The molecule has 5 saturated carbocycles. The average molecular weight is 1060 g/mol. The zero-order valence-electron chi connectivity index (χ0n) is 44.3. The molecule has 10 rings (SSSR count). The fourth-order valence-electron chi connectivity index (χ4n) is 17.6. The first-order valence-corrected chi connectivity index (χ1v) is 27.5. The van der Waals surface area contributed by atoms with Crippen LogP contribution in [0.15, 0.2) is 0 Å². The van der Waals surface area contributed by atoms with Crippen molar-refractivity contribution in [2.24, 2.45) is 50.2 Å². The van der Waals surface area contributed by atoms with E-state index >= 15 is 0 Å². The summed E-state index contributed by atoms with van der Waals surface area (Å²) in [6.45, 7) is 16.7. The van der Waals surface area contributed by atoms with Crippen molar-refractivity contribution < 1.29 is 104 Å². The minimum atomic E-state index is -1.87. The van der Waals surface area contributed by atoms with Crippen molar-refractivity contribution in [3.05, 3.63) is 0 Å². The standard InChI is InChI=1S/C53H88O21/c1-23-32(57)36(61)39(64)43(68-23)74-42-38(63)34(59)25(20-55)70-46(42)71-26-21-66-45(41(35(26)60)73-44-40(65)37(62)33(58)24(19-54)69-44)72-31-11-12-49(6)27(48(31,4)5)9-13-50(7)28(49)10-14-53-29-17-47(2,3)15-16-52(29,22-67-53)30(56)18-51(50,53)8/h23-46,54-65H,9-22H2,1-8H3/t23-,24-,25-,26+,27?,28?,29?,30-,31+,32-,33-,34-,35+,36+,37+,38+,39+,40-,41-,42-,43+,44+,45+,46+,49+,50-,51+,52-,53+/m1/s1. The van der Waals surface area contributed by atoms with E-state index in [9.17, 15) is 61.3 Å². The third-order valence-electron chi connectivity index (χ3n) is 22.2. The first-order valence-electron chi connectivity index (χ1n) is 27.5. The zero-order chi connectivity index (χ0) is 53.6. The number of rotatable bonds is 10. The molecule has 29 atom stereocenters. The lowest BCUT2D eigenvalue weighted by Crippen LogP contribution is -2.74. The van der Waals surface area contributed by atoms with Gasteiger partial charge in [0, 0.05) is 10.8 Å². The molecule has 0 aromatic carbocycles. The third-order valence-corrected chi connectivity index (χ3v) is 22.2. The number of hydrogen-bond acceptors (Lipinski definition) is 21. The van der Waals surface area contributed by atoms with Crippen LogP contribution in [0.3, 0.4) is 0 Å². The molecule has 5 heterocycles. The van der Waals surface area contributed by atoms with Crippen LogP contribution in [0.4, 0.5) is 0 Å². The second-order valence-corrected chi connectivity index (χ2v) is 26.6.